The number of carbonyl (C=O) groups is 2. The van der Waals surface area contributed by atoms with E-state index in [9.17, 15) is 13.8 Å². The van der Waals surface area contributed by atoms with Crippen LogP contribution in [0, 0.1) is 0 Å². The second-order valence-electron chi connectivity index (χ2n) is 4.38. The minimum atomic E-state index is -2.83. The van der Waals surface area contributed by atoms with Crippen molar-refractivity contribution >= 4 is 21.8 Å². The van der Waals surface area contributed by atoms with Crippen molar-refractivity contribution in [1.82, 2.24) is 0 Å². The minimum Gasteiger partial charge on any atom is -0.481 e. The Balaban J connectivity index is 4.56. The topological polar surface area (TPSA) is 93.0 Å². The van der Waals surface area contributed by atoms with Gasteiger partial charge in [0.15, 0.2) is 0 Å². The molecular weight excluding hydrogens is 234 g/mol. The molecule has 0 saturated heterocycles. The maximum Gasteiger partial charge on any atom is 0.442 e. The normalized spacial score (nSPS) is 15.0. The van der Waals surface area contributed by atoms with Gasteiger partial charge in [0, 0.05) is 12.0 Å². The molecule has 94 valence electrons. The molecule has 0 aromatic rings. The van der Waals surface area contributed by atoms with Crippen molar-refractivity contribution in [3.05, 3.63) is 0 Å². The largest absolute Gasteiger partial charge is 0.481 e. The standard InChI is InChI=1S/C9H17NO5S/c1-9(2,3)15-8(13)10-16(4,14)6-5-7(11)12/h5-6H2,1-4H3,(H,11,12). The van der Waals surface area contributed by atoms with E-state index in [1.807, 2.05) is 0 Å². The van der Waals surface area contributed by atoms with Crippen molar-refractivity contribution < 1.29 is 23.6 Å². The summed E-state index contributed by atoms with van der Waals surface area (Å²) in [6, 6.07) is 0. The number of ether oxygens (including phenoxy) is 1. The highest BCUT2D eigenvalue weighted by Gasteiger charge is 2.17. The van der Waals surface area contributed by atoms with Gasteiger partial charge in [0.2, 0.25) is 0 Å². The number of rotatable bonds is 3. The zero-order chi connectivity index (χ0) is 13.0. The summed E-state index contributed by atoms with van der Waals surface area (Å²) in [5.74, 6) is -1.24. The Morgan fingerprint density at radius 2 is 1.88 bits per heavy atom. The maximum absolute atomic E-state index is 11.7. The predicted octanol–water partition coefficient (Wildman–Crippen LogP) is 1.49. The van der Waals surface area contributed by atoms with Crippen LogP contribution >= 0.6 is 0 Å². The summed E-state index contributed by atoms with van der Waals surface area (Å²) >= 11 is 0. The fourth-order valence-corrected chi connectivity index (χ4v) is 1.76. The number of aliphatic carboxylic acids is 1. The first-order chi connectivity index (χ1) is 7.02. The maximum atomic E-state index is 11.7. The zero-order valence-electron chi connectivity index (χ0n) is 9.85. The van der Waals surface area contributed by atoms with Gasteiger partial charge in [-0.25, -0.2) is 9.00 Å². The molecule has 0 heterocycles. The highest BCUT2D eigenvalue weighted by Crippen LogP contribution is 2.09. The Morgan fingerprint density at radius 1 is 1.38 bits per heavy atom. The highest BCUT2D eigenvalue weighted by molar-refractivity contribution is 7.93. The number of carboxylic acid groups (broad SMARTS) is 1. The number of amides is 1. The summed E-state index contributed by atoms with van der Waals surface area (Å²) in [5.41, 5.74) is -0.705. The van der Waals surface area contributed by atoms with E-state index < -0.39 is 27.4 Å². The molecule has 1 unspecified atom stereocenters. The van der Waals surface area contributed by atoms with Crippen LogP contribution in [0.3, 0.4) is 0 Å². The highest BCUT2D eigenvalue weighted by atomic mass is 32.2. The van der Waals surface area contributed by atoms with E-state index >= 15 is 0 Å². The van der Waals surface area contributed by atoms with Gasteiger partial charge in [-0.15, -0.1) is 4.36 Å². The molecule has 0 aliphatic heterocycles. The Morgan fingerprint density at radius 3 is 2.25 bits per heavy atom. The molecular formula is C9H17NO5S. The summed E-state index contributed by atoms with van der Waals surface area (Å²) in [4.78, 5) is 21.5. The van der Waals surface area contributed by atoms with Crippen molar-refractivity contribution in [2.24, 2.45) is 4.36 Å². The first-order valence-corrected chi connectivity index (χ1v) is 6.76. The van der Waals surface area contributed by atoms with Crippen LogP contribution in [-0.4, -0.2) is 39.0 Å². The van der Waals surface area contributed by atoms with Gasteiger partial charge < -0.3 is 9.84 Å². The third-order valence-electron chi connectivity index (χ3n) is 1.36. The van der Waals surface area contributed by atoms with Gasteiger partial charge in [0.25, 0.3) is 0 Å². The second-order valence-corrected chi connectivity index (χ2v) is 6.89. The molecule has 0 bridgehead atoms. The van der Waals surface area contributed by atoms with Crippen LogP contribution < -0.4 is 0 Å². The lowest BCUT2D eigenvalue weighted by atomic mass is 10.2. The molecule has 0 spiro atoms. The molecule has 0 saturated carbocycles. The number of nitrogens with zero attached hydrogens (tertiary/aromatic N) is 1. The lowest BCUT2D eigenvalue weighted by Crippen LogP contribution is -2.23. The monoisotopic (exact) mass is 251 g/mol. The summed E-state index contributed by atoms with van der Waals surface area (Å²) in [6.07, 6.45) is 0.0204. The zero-order valence-corrected chi connectivity index (χ0v) is 10.7. The van der Waals surface area contributed by atoms with Crippen molar-refractivity contribution in [2.45, 2.75) is 32.8 Å². The smallest absolute Gasteiger partial charge is 0.442 e. The van der Waals surface area contributed by atoms with Crippen molar-refractivity contribution in [3.8, 4) is 0 Å². The van der Waals surface area contributed by atoms with Gasteiger partial charge in [-0.05, 0) is 20.8 Å². The first kappa shape index (κ1) is 14.9. The molecule has 16 heavy (non-hydrogen) atoms. The lowest BCUT2D eigenvalue weighted by Gasteiger charge is -2.17. The predicted molar refractivity (Wildman–Crippen MR) is 59.8 cm³/mol. The number of hydrogen-bond donors (Lipinski definition) is 1. The Bertz CT molecular complexity index is 387. The molecule has 1 amide bonds. The average molecular weight is 251 g/mol. The van der Waals surface area contributed by atoms with Crippen molar-refractivity contribution in [2.75, 3.05) is 12.0 Å². The third kappa shape index (κ3) is 8.22. The Hall–Kier alpha value is -1.11. The summed E-state index contributed by atoms with van der Waals surface area (Å²) in [7, 11) is -2.83. The van der Waals surface area contributed by atoms with Crippen molar-refractivity contribution in [1.29, 1.82) is 0 Å². The lowest BCUT2D eigenvalue weighted by molar-refractivity contribution is -0.136. The minimum absolute atomic E-state index is 0.165. The van der Waals surface area contributed by atoms with Crippen LogP contribution in [0.15, 0.2) is 4.36 Å². The molecule has 0 aliphatic carbocycles. The van der Waals surface area contributed by atoms with E-state index in [1.165, 1.54) is 6.26 Å². The van der Waals surface area contributed by atoms with Gasteiger partial charge in [-0.3, -0.25) is 4.79 Å². The molecule has 0 aliphatic rings. The Kier molecular flexibility index (Phi) is 4.92. The third-order valence-corrected chi connectivity index (χ3v) is 2.85. The van der Waals surface area contributed by atoms with Crippen LogP contribution in [0.1, 0.15) is 27.2 Å². The van der Waals surface area contributed by atoms with Gasteiger partial charge in [-0.2, -0.15) is 0 Å². The van der Waals surface area contributed by atoms with Crippen LogP contribution in [0.2, 0.25) is 0 Å². The summed E-state index contributed by atoms with van der Waals surface area (Å²) in [6.45, 7) is 4.99. The summed E-state index contributed by atoms with van der Waals surface area (Å²) < 4.78 is 19.9. The second kappa shape index (κ2) is 5.29. The molecule has 0 aromatic carbocycles. The van der Waals surface area contributed by atoms with Gasteiger partial charge in [0.1, 0.15) is 5.60 Å². The van der Waals surface area contributed by atoms with Crippen molar-refractivity contribution in [3.63, 3.8) is 0 Å². The van der Waals surface area contributed by atoms with Gasteiger partial charge in [-0.1, -0.05) is 0 Å². The quantitative estimate of drug-likeness (QED) is 0.820. The van der Waals surface area contributed by atoms with E-state index in [1.54, 1.807) is 20.8 Å². The van der Waals surface area contributed by atoms with Gasteiger partial charge >= 0.3 is 12.1 Å². The summed E-state index contributed by atoms with van der Waals surface area (Å²) in [5, 5.41) is 8.41. The number of carboxylic acids is 1. The molecule has 1 atom stereocenters. The van der Waals surface area contributed by atoms with Crippen LogP contribution in [0.4, 0.5) is 4.79 Å². The number of hydrogen-bond acceptors (Lipinski definition) is 4. The molecule has 0 rings (SSSR count). The Labute approximate surface area is 95.2 Å². The fraction of sp³-hybridized carbons (Fsp3) is 0.778. The van der Waals surface area contributed by atoms with E-state index in [0.717, 1.165) is 0 Å². The molecule has 6 nitrogen and oxygen atoms in total. The first-order valence-electron chi connectivity index (χ1n) is 4.66. The van der Waals surface area contributed by atoms with Crippen LogP contribution in [-0.2, 0) is 19.3 Å². The van der Waals surface area contributed by atoms with Crippen LogP contribution in [0.5, 0.6) is 0 Å². The molecule has 0 radical (unpaired) electrons. The molecule has 0 aromatic heterocycles. The molecule has 1 N–H and O–H groups in total. The van der Waals surface area contributed by atoms with E-state index in [4.69, 9.17) is 9.84 Å². The SMILES string of the molecule is CC(C)(C)OC(=O)N=S(C)(=O)CCC(=O)O. The van der Waals surface area contributed by atoms with E-state index in [2.05, 4.69) is 4.36 Å². The molecule has 7 heteroatoms. The van der Waals surface area contributed by atoms with Gasteiger partial charge in [0.05, 0.1) is 16.1 Å². The van der Waals surface area contributed by atoms with E-state index in [-0.39, 0.29) is 12.2 Å². The fourth-order valence-electron chi connectivity index (χ4n) is 0.761. The average Bonchev–Trinajstić information content (AvgIpc) is 1.95. The van der Waals surface area contributed by atoms with E-state index in [0.29, 0.717) is 0 Å². The van der Waals surface area contributed by atoms with Crippen LogP contribution in [0.25, 0.3) is 0 Å². The molecule has 0 fully saturated rings. The number of carbonyl (C=O) groups excluding carboxylic acids is 1.